The van der Waals surface area contributed by atoms with Gasteiger partial charge in [0, 0.05) is 29.0 Å². The van der Waals surface area contributed by atoms with E-state index in [1.165, 1.54) is 0 Å². The van der Waals surface area contributed by atoms with E-state index in [0.717, 1.165) is 21.4 Å². The molecular weight excluding hydrogens is 252 g/mol. The van der Waals surface area contributed by atoms with Gasteiger partial charge < -0.3 is 5.32 Å². The Morgan fingerprint density at radius 3 is 2.73 bits per heavy atom. The summed E-state index contributed by atoms with van der Waals surface area (Å²) in [5.74, 6) is 0. The van der Waals surface area contributed by atoms with Crippen LogP contribution in [0.1, 0.15) is 0 Å². The van der Waals surface area contributed by atoms with Crippen LogP contribution in [0.3, 0.4) is 0 Å². The minimum Gasteiger partial charge on any atom is -0.388 e. The third-order valence-corrected chi connectivity index (χ3v) is 2.64. The fourth-order valence-electron chi connectivity index (χ4n) is 1.38. The van der Waals surface area contributed by atoms with E-state index in [0.29, 0.717) is 0 Å². The Morgan fingerprint density at radius 2 is 2.07 bits per heavy atom. The van der Waals surface area contributed by atoms with Crippen LogP contribution in [0.4, 0.5) is 5.69 Å². The highest BCUT2D eigenvalue weighted by Crippen LogP contribution is 2.21. The molecule has 1 heterocycles. The van der Waals surface area contributed by atoms with Crippen LogP contribution in [0.5, 0.6) is 0 Å². The average Bonchev–Trinajstić information content (AvgIpc) is 2.30. The fraction of sp³-hybridized carbons (Fsp3) is 0.0833. The summed E-state index contributed by atoms with van der Waals surface area (Å²) in [7, 11) is 1.91. The topological polar surface area (TPSA) is 24.9 Å². The van der Waals surface area contributed by atoms with E-state index < -0.39 is 0 Å². The van der Waals surface area contributed by atoms with Gasteiger partial charge in [-0.05, 0) is 40.2 Å². The van der Waals surface area contributed by atoms with Crippen LogP contribution in [0.2, 0.25) is 0 Å². The third kappa shape index (κ3) is 2.36. The van der Waals surface area contributed by atoms with Gasteiger partial charge in [0.05, 0.1) is 5.69 Å². The van der Waals surface area contributed by atoms with Gasteiger partial charge in [-0.3, -0.25) is 4.98 Å². The van der Waals surface area contributed by atoms with Gasteiger partial charge >= 0.3 is 0 Å². The lowest BCUT2D eigenvalue weighted by molar-refractivity contribution is 1.31. The van der Waals surface area contributed by atoms with Crippen LogP contribution in [0.15, 0.2) is 47.1 Å². The number of rotatable bonds is 2. The molecule has 0 aliphatic rings. The van der Waals surface area contributed by atoms with Crippen LogP contribution >= 0.6 is 15.9 Å². The van der Waals surface area contributed by atoms with E-state index in [1.54, 1.807) is 6.20 Å². The van der Waals surface area contributed by atoms with Crippen molar-refractivity contribution in [2.24, 2.45) is 0 Å². The zero-order valence-electron chi connectivity index (χ0n) is 8.37. The molecule has 0 fully saturated rings. The molecule has 2 rings (SSSR count). The molecule has 3 heteroatoms. The summed E-state index contributed by atoms with van der Waals surface area (Å²) in [5, 5.41) is 3.11. The number of halogens is 1. The van der Waals surface area contributed by atoms with Crippen molar-refractivity contribution in [2.75, 3.05) is 12.4 Å². The predicted molar refractivity (Wildman–Crippen MR) is 66.9 cm³/mol. The predicted octanol–water partition coefficient (Wildman–Crippen LogP) is 3.55. The number of hydrogen-bond acceptors (Lipinski definition) is 2. The van der Waals surface area contributed by atoms with Gasteiger partial charge in [0.2, 0.25) is 0 Å². The SMILES string of the molecule is CNc1cccc(-c2ccc(Br)cn2)c1. The van der Waals surface area contributed by atoms with E-state index in [9.17, 15) is 0 Å². The largest absolute Gasteiger partial charge is 0.388 e. The number of hydrogen-bond donors (Lipinski definition) is 1. The van der Waals surface area contributed by atoms with E-state index in [-0.39, 0.29) is 0 Å². The molecular formula is C12H11BrN2. The molecule has 1 N–H and O–H groups in total. The molecule has 0 aliphatic carbocycles. The highest BCUT2D eigenvalue weighted by Gasteiger charge is 1.99. The summed E-state index contributed by atoms with van der Waals surface area (Å²) in [6.45, 7) is 0. The van der Waals surface area contributed by atoms with Gasteiger partial charge in [0.15, 0.2) is 0 Å². The molecule has 2 nitrogen and oxygen atoms in total. The highest BCUT2D eigenvalue weighted by molar-refractivity contribution is 9.10. The standard InChI is InChI=1S/C12H11BrN2/c1-14-11-4-2-3-9(7-11)12-6-5-10(13)8-15-12/h2-8,14H,1H3. The van der Waals surface area contributed by atoms with E-state index in [4.69, 9.17) is 0 Å². The van der Waals surface area contributed by atoms with Crippen molar-refractivity contribution in [3.05, 3.63) is 47.1 Å². The van der Waals surface area contributed by atoms with Gasteiger partial charge in [0.1, 0.15) is 0 Å². The van der Waals surface area contributed by atoms with Crippen LogP contribution in [-0.4, -0.2) is 12.0 Å². The number of pyridine rings is 1. The Balaban J connectivity index is 2.40. The first kappa shape index (κ1) is 10.2. The molecule has 0 unspecified atom stereocenters. The zero-order chi connectivity index (χ0) is 10.7. The van der Waals surface area contributed by atoms with Crippen molar-refractivity contribution in [1.29, 1.82) is 0 Å². The van der Waals surface area contributed by atoms with Crippen molar-refractivity contribution in [3.63, 3.8) is 0 Å². The Kier molecular flexibility index (Phi) is 3.02. The van der Waals surface area contributed by atoms with Crippen molar-refractivity contribution in [2.45, 2.75) is 0 Å². The fourth-order valence-corrected chi connectivity index (χ4v) is 1.62. The summed E-state index contributed by atoms with van der Waals surface area (Å²) >= 11 is 3.37. The minimum absolute atomic E-state index is 0.982. The lowest BCUT2D eigenvalue weighted by Crippen LogP contribution is -1.88. The Morgan fingerprint density at radius 1 is 1.20 bits per heavy atom. The number of nitrogens with one attached hydrogen (secondary N) is 1. The summed E-state index contributed by atoms with van der Waals surface area (Å²) in [5.41, 5.74) is 3.20. The maximum Gasteiger partial charge on any atom is 0.0703 e. The Bertz CT molecular complexity index is 451. The first-order valence-electron chi connectivity index (χ1n) is 4.69. The maximum atomic E-state index is 4.35. The number of anilines is 1. The third-order valence-electron chi connectivity index (χ3n) is 2.17. The molecule has 0 amide bonds. The minimum atomic E-state index is 0.982. The lowest BCUT2D eigenvalue weighted by atomic mass is 10.1. The first-order chi connectivity index (χ1) is 7.29. The van der Waals surface area contributed by atoms with E-state index >= 15 is 0 Å². The zero-order valence-corrected chi connectivity index (χ0v) is 9.95. The number of nitrogens with zero attached hydrogens (tertiary/aromatic N) is 1. The molecule has 15 heavy (non-hydrogen) atoms. The molecule has 0 atom stereocenters. The molecule has 0 spiro atoms. The van der Waals surface area contributed by atoms with E-state index in [1.807, 2.05) is 31.3 Å². The molecule has 0 radical (unpaired) electrons. The van der Waals surface area contributed by atoms with Crippen molar-refractivity contribution in [3.8, 4) is 11.3 Å². The summed E-state index contributed by atoms with van der Waals surface area (Å²) < 4.78 is 0.996. The molecule has 0 saturated heterocycles. The van der Waals surface area contributed by atoms with Crippen LogP contribution in [0.25, 0.3) is 11.3 Å². The molecule has 0 bridgehead atoms. The number of aromatic nitrogens is 1. The second-order valence-electron chi connectivity index (χ2n) is 3.19. The lowest BCUT2D eigenvalue weighted by Gasteiger charge is -2.04. The van der Waals surface area contributed by atoms with Crippen LogP contribution < -0.4 is 5.32 Å². The summed E-state index contributed by atoms with van der Waals surface area (Å²) in [6.07, 6.45) is 1.81. The van der Waals surface area contributed by atoms with E-state index in [2.05, 4.69) is 38.4 Å². The molecule has 76 valence electrons. The molecule has 0 aliphatic heterocycles. The Labute approximate surface area is 97.5 Å². The van der Waals surface area contributed by atoms with Gasteiger partial charge in [-0.25, -0.2) is 0 Å². The van der Waals surface area contributed by atoms with Crippen molar-refractivity contribution in [1.82, 2.24) is 4.98 Å². The van der Waals surface area contributed by atoms with Gasteiger partial charge in [0.25, 0.3) is 0 Å². The summed E-state index contributed by atoms with van der Waals surface area (Å²) in [6, 6.07) is 12.2. The molecule has 2 aromatic rings. The molecule has 1 aromatic heterocycles. The Hall–Kier alpha value is -1.35. The second kappa shape index (κ2) is 4.45. The normalized spacial score (nSPS) is 10.0. The smallest absolute Gasteiger partial charge is 0.0703 e. The molecule has 1 aromatic carbocycles. The van der Waals surface area contributed by atoms with Gasteiger partial charge in [-0.1, -0.05) is 12.1 Å². The first-order valence-corrected chi connectivity index (χ1v) is 5.48. The van der Waals surface area contributed by atoms with Gasteiger partial charge in [-0.15, -0.1) is 0 Å². The quantitative estimate of drug-likeness (QED) is 0.896. The summed E-state index contributed by atoms with van der Waals surface area (Å²) in [4.78, 5) is 4.35. The number of benzene rings is 1. The average molecular weight is 263 g/mol. The second-order valence-corrected chi connectivity index (χ2v) is 4.11. The highest BCUT2D eigenvalue weighted by atomic mass is 79.9. The van der Waals surface area contributed by atoms with Crippen molar-refractivity contribution >= 4 is 21.6 Å². The van der Waals surface area contributed by atoms with Crippen LogP contribution in [0, 0.1) is 0 Å². The monoisotopic (exact) mass is 262 g/mol. The van der Waals surface area contributed by atoms with Crippen LogP contribution in [-0.2, 0) is 0 Å². The molecule has 0 saturated carbocycles. The van der Waals surface area contributed by atoms with Crippen molar-refractivity contribution < 1.29 is 0 Å². The maximum absolute atomic E-state index is 4.35. The van der Waals surface area contributed by atoms with Gasteiger partial charge in [-0.2, -0.15) is 0 Å².